The Morgan fingerprint density at radius 3 is 2.62 bits per heavy atom. The molecular weight excluding hydrogens is 311 g/mol. The standard InChI is InChI=1S/C15H18Cl2N2O2/c1-4-12-7-13(19(2)18-12)9-21-15-10(8-16)5-11(17)6-14(15)20-3/h5-7H,4,8-9H2,1-3H3. The van der Waals surface area contributed by atoms with E-state index in [0.717, 1.165) is 23.4 Å². The Labute approximate surface area is 134 Å². The summed E-state index contributed by atoms with van der Waals surface area (Å²) >= 11 is 12.0. The lowest BCUT2D eigenvalue weighted by molar-refractivity contribution is 0.273. The summed E-state index contributed by atoms with van der Waals surface area (Å²) in [5, 5.41) is 4.97. The number of methoxy groups -OCH3 is 1. The third-order valence-electron chi connectivity index (χ3n) is 3.21. The van der Waals surface area contributed by atoms with Gasteiger partial charge in [-0.2, -0.15) is 5.10 Å². The molecule has 2 rings (SSSR count). The van der Waals surface area contributed by atoms with Crippen LogP contribution in [-0.2, 0) is 26.0 Å². The lowest BCUT2D eigenvalue weighted by atomic mass is 10.2. The summed E-state index contributed by atoms with van der Waals surface area (Å²) < 4.78 is 13.0. The number of halogens is 2. The molecule has 4 nitrogen and oxygen atoms in total. The van der Waals surface area contributed by atoms with Crippen LogP contribution in [0.15, 0.2) is 18.2 Å². The molecule has 0 aliphatic rings. The second-order valence-corrected chi connectivity index (χ2v) is 5.33. The van der Waals surface area contributed by atoms with E-state index in [-0.39, 0.29) is 0 Å². The predicted octanol–water partition coefficient (Wildman–Crippen LogP) is 3.96. The van der Waals surface area contributed by atoms with E-state index < -0.39 is 0 Å². The van der Waals surface area contributed by atoms with E-state index in [4.69, 9.17) is 32.7 Å². The van der Waals surface area contributed by atoms with Crippen LogP contribution >= 0.6 is 23.2 Å². The Morgan fingerprint density at radius 2 is 2.05 bits per heavy atom. The van der Waals surface area contributed by atoms with Crippen molar-refractivity contribution in [3.8, 4) is 11.5 Å². The maximum absolute atomic E-state index is 6.04. The van der Waals surface area contributed by atoms with Gasteiger partial charge in [0, 0.05) is 23.7 Å². The summed E-state index contributed by atoms with van der Waals surface area (Å²) in [4.78, 5) is 0. The average Bonchev–Trinajstić information content (AvgIpc) is 2.85. The van der Waals surface area contributed by atoms with E-state index in [9.17, 15) is 0 Å². The third kappa shape index (κ3) is 3.63. The van der Waals surface area contributed by atoms with Gasteiger partial charge < -0.3 is 9.47 Å². The summed E-state index contributed by atoms with van der Waals surface area (Å²) in [6, 6.07) is 5.53. The van der Waals surface area contributed by atoms with E-state index in [0.29, 0.717) is 29.0 Å². The van der Waals surface area contributed by atoms with Gasteiger partial charge in [-0.15, -0.1) is 11.6 Å². The SMILES string of the molecule is CCc1cc(COc2c(CCl)cc(Cl)cc2OC)n(C)n1. The van der Waals surface area contributed by atoms with Crippen LogP contribution in [0.25, 0.3) is 0 Å². The van der Waals surface area contributed by atoms with Gasteiger partial charge in [0.1, 0.15) is 6.61 Å². The lowest BCUT2D eigenvalue weighted by Gasteiger charge is -2.14. The molecule has 0 bridgehead atoms. The molecule has 1 heterocycles. The first-order valence-corrected chi connectivity index (χ1v) is 7.57. The molecule has 0 saturated heterocycles. The number of aryl methyl sites for hydroxylation is 2. The number of ether oxygens (including phenoxy) is 2. The Hall–Kier alpha value is -1.39. The minimum atomic E-state index is 0.303. The first-order valence-electron chi connectivity index (χ1n) is 6.66. The molecule has 2 aromatic rings. The van der Waals surface area contributed by atoms with Crippen molar-refractivity contribution in [3.05, 3.63) is 40.2 Å². The molecule has 0 aliphatic carbocycles. The molecule has 0 saturated carbocycles. The van der Waals surface area contributed by atoms with Crippen molar-refractivity contribution in [2.24, 2.45) is 7.05 Å². The fourth-order valence-electron chi connectivity index (χ4n) is 2.06. The van der Waals surface area contributed by atoms with Gasteiger partial charge in [0.25, 0.3) is 0 Å². The third-order valence-corrected chi connectivity index (χ3v) is 3.72. The monoisotopic (exact) mass is 328 g/mol. The van der Waals surface area contributed by atoms with Crippen molar-refractivity contribution in [2.75, 3.05) is 7.11 Å². The minimum absolute atomic E-state index is 0.303. The molecule has 1 aromatic carbocycles. The smallest absolute Gasteiger partial charge is 0.166 e. The second-order valence-electron chi connectivity index (χ2n) is 4.62. The van der Waals surface area contributed by atoms with Crippen molar-refractivity contribution < 1.29 is 9.47 Å². The van der Waals surface area contributed by atoms with E-state index >= 15 is 0 Å². The minimum Gasteiger partial charge on any atom is -0.493 e. The highest BCUT2D eigenvalue weighted by molar-refractivity contribution is 6.31. The van der Waals surface area contributed by atoms with Gasteiger partial charge in [-0.25, -0.2) is 0 Å². The van der Waals surface area contributed by atoms with Crippen LogP contribution < -0.4 is 9.47 Å². The fourth-order valence-corrected chi connectivity index (χ4v) is 2.49. The first-order chi connectivity index (χ1) is 10.1. The van der Waals surface area contributed by atoms with Crippen LogP contribution in [0.1, 0.15) is 23.9 Å². The van der Waals surface area contributed by atoms with Crippen molar-refractivity contribution in [2.45, 2.75) is 25.8 Å². The van der Waals surface area contributed by atoms with Crippen LogP contribution in [0.5, 0.6) is 11.5 Å². The maximum Gasteiger partial charge on any atom is 0.166 e. The Bertz CT molecular complexity index is 601. The zero-order chi connectivity index (χ0) is 15.4. The molecule has 0 spiro atoms. The van der Waals surface area contributed by atoms with Gasteiger partial charge in [-0.05, 0) is 18.6 Å². The van der Waals surface area contributed by atoms with Gasteiger partial charge in [-0.1, -0.05) is 18.5 Å². The molecule has 1 aromatic heterocycles. The molecule has 0 amide bonds. The Balaban J connectivity index is 2.24. The fraction of sp³-hybridized carbons (Fsp3) is 0.400. The summed E-state index contributed by atoms with van der Waals surface area (Å²) in [5.41, 5.74) is 2.83. The topological polar surface area (TPSA) is 36.3 Å². The van der Waals surface area contributed by atoms with E-state index in [1.807, 2.05) is 17.8 Å². The summed E-state index contributed by atoms with van der Waals surface area (Å²) in [6.07, 6.45) is 0.894. The quantitative estimate of drug-likeness (QED) is 0.753. The molecule has 0 radical (unpaired) electrons. The van der Waals surface area contributed by atoms with Crippen molar-refractivity contribution in [1.82, 2.24) is 9.78 Å². The lowest BCUT2D eigenvalue weighted by Crippen LogP contribution is -2.05. The number of rotatable bonds is 6. The zero-order valence-electron chi connectivity index (χ0n) is 12.3. The average molecular weight is 329 g/mol. The molecule has 0 N–H and O–H groups in total. The van der Waals surface area contributed by atoms with E-state index in [1.54, 1.807) is 19.2 Å². The van der Waals surface area contributed by atoms with Crippen LogP contribution in [0, 0.1) is 0 Å². The number of alkyl halides is 1. The van der Waals surface area contributed by atoms with Crippen molar-refractivity contribution in [1.29, 1.82) is 0 Å². The molecule has 0 fully saturated rings. The molecule has 0 unspecified atom stereocenters. The predicted molar refractivity (Wildman–Crippen MR) is 84.5 cm³/mol. The summed E-state index contributed by atoms with van der Waals surface area (Å²) in [7, 11) is 3.48. The Morgan fingerprint density at radius 1 is 1.29 bits per heavy atom. The Kier molecular flexibility index (Phi) is 5.37. The number of benzene rings is 1. The van der Waals surface area contributed by atoms with Gasteiger partial charge in [-0.3, -0.25) is 4.68 Å². The number of hydrogen-bond acceptors (Lipinski definition) is 3. The van der Waals surface area contributed by atoms with Gasteiger partial charge in [0.2, 0.25) is 0 Å². The van der Waals surface area contributed by atoms with Gasteiger partial charge in [0.15, 0.2) is 11.5 Å². The zero-order valence-corrected chi connectivity index (χ0v) is 13.8. The van der Waals surface area contributed by atoms with Crippen LogP contribution in [0.3, 0.4) is 0 Å². The van der Waals surface area contributed by atoms with Gasteiger partial charge in [0.05, 0.1) is 24.4 Å². The summed E-state index contributed by atoms with van der Waals surface area (Å²) in [6.45, 7) is 2.46. The molecule has 0 atom stereocenters. The van der Waals surface area contributed by atoms with E-state index in [2.05, 4.69) is 12.0 Å². The second kappa shape index (κ2) is 7.05. The van der Waals surface area contributed by atoms with Crippen LogP contribution in [0.4, 0.5) is 0 Å². The number of hydrogen-bond donors (Lipinski definition) is 0. The molecule has 21 heavy (non-hydrogen) atoms. The highest BCUT2D eigenvalue weighted by Crippen LogP contribution is 2.36. The molecule has 114 valence electrons. The number of aromatic nitrogens is 2. The van der Waals surface area contributed by atoms with E-state index in [1.165, 1.54) is 0 Å². The van der Waals surface area contributed by atoms with Crippen LogP contribution in [0.2, 0.25) is 5.02 Å². The highest BCUT2D eigenvalue weighted by atomic mass is 35.5. The largest absolute Gasteiger partial charge is 0.493 e. The van der Waals surface area contributed by atoms with Crippen molar-refractivity contribution in [3.63, 3.8) is 0 Å². The number of nitrogens with zero attached hydrogens (tertiary/aromatic N) is 2. The van der Waals surface area contributed by atoms with Crippen molar-refractivity contribution >= 4 is 23.2 Å². The summed E-state index contributed by atoms with van der Waals surface area (Å²) in [5.74, 6) is 1.50. The highest BCUT2D eigenvalue weighted by Gasteiger charge is 2.14. The van der Waals surface area contributed by atoms with Gasteiger partial charge >= 0.3 is 0 Å². The maximum atomic E-state index is 6.04. The molecule has 0 aliphatic heterocycles. The molecule has 6 heteroatoms. The first kappa shape index (κ1) is 16.0. The molecular formula is C15H18Cl2N2O2. The van der Waals surface area contributed by atoms with Crippen LogP contribution in [-0.4, -0.2) is 16.9 Å². The normalized spacial score (nSPS) is 10.7.